The van der Waals surface area contributed by atoms with Crippen LogP contribution in [0.1, 0.15) is 19.4 Å². The minimum Gasteiger partial charge on any atom is -0.490 e. The van der Waals surface area contributed by atoms with E-state index in [0.717, 1.165) is 0 Å². The number of anilines is 1. The third-order valence-corrected chi connectivity index (χ3v) is 3.87. The van der Waals surface area contributed by atoms with Crippen molar-refractivity contribution in [2.45, 2.75) is 13.8 Å². The van der Waals surface area contributed by atoms with E-state index in [4.69, 9.17) is 9.47 Å². The lowest BCUT2D eigenvalue weighted by molar-refractivity contribution is -0.129. The molecule has 0 spiro atoms. The number of nitrogens with one attached hydrogen (secondary N) is 1. The average Bonchev–Trinajstić information content (AvgIpc) is 2.69. The molecule has 0 radical (unpaired) electrons. The van der Waals surface area contributed by atoms with Crippen LogP contribution in [-0.2, 0) is 9.59 Å². The molecule has 0 atom stereocenters. The zero-order valence-electron chi connectivity index (χ0n) is 16.8. The van der Waals surface area contributed by atoms with Gasteiger partial charge in [-0.25, -0.2) is 4.39 Å². The lowest BCUT2D eigenvalue weighted by Crippen LogP contribution is -2.33. The first-order valence-corrected chi connectivity index (χ1v) is 9.31. The molecule has 2 aromatic rings. The Morgan fingerprint density at radius 2 is 1.69 bits per heavy atom. The minimum absolute atomic E-state index is 0.121. The molecule has 0 bridgehead atoms. The van der Waals surface area contributed by atoms with Crippen LogP contribution in [0.15, 0.2) is 48.5 Å². The second-order valence-corrected chi connectivity index (χ2v) is 6.15. The topological polar surface area (TPSA) is 67.9 Å². The first kappa shape index (κ1) is 21.9. The van der Waals surface area contributed by atoms with Crippen LogP contribution < -0.4 is 14.8 Å². The van der Waals surface area contributed by atoms with Crippen molar-refractivity contribution in [1.82, 2.24) is 4.90 Å². The van der Waals surface area contributed by atoms with Crippen molar-refractivity contribution in [2.24, 2.45) is 0 Å². The number of benzene rings is 2. The van der Waals surface area contributed by atoms with Gasteiger partial charge >= 0.3 is 0 Å². The van der Waals surface area contributed by atoms with Crippen molar-refractivity contribution >= 4 is 23.6 Å². The number of likely N-dealkylation sites (N-methyl/N-ethyl adjacent to an activating group) is 1. The molecule has 1 N–H and O–H groups in total. The third kappa shape index (κ3) is 6.95. The van der Waals surface area contributed by atoms with E-state index in [0.29, 0.717) is 36.0 Å². The average molecular weight is 400 g/mol. The van der Waals surface area contributed by atoms with Crippen molar-refractivity contribution in [3.8, 4) is 11.5 Å². The highest BCUT2D eigenvalue weighted by molar-refractivity contribution is 5.98. The smallest absolute Gasteiger partial charge is 0.246 e. The van der Waals surface area contributed by atoms with Gasteiger partial charge in [0.1, 0.15) is 5.82 Å². The Bertz CT molecular complexity index is 866. The minimum atomic E-state index is -0.345. The number of rotatable bonds is 9. The fourth-order valence-corrected chi connectivity index (χ4v) is 2.49. The molecule has 0 fully saturated rings. The Morgan fingerprint density at radius 1 is 1.03 bits per heavy atom. The Hall–Kier alpha value is -3.35. The van der Waals surface area contributed by atoms with E-state index < -0.39 is 0 Å². The summed E-state index contributed by atoms with van der Waals surface area (Å²) in [5.41, 5.74) is 1.24. The Labute approximate surface area is 169 Å². The van der Waals surface area contributed by atoms with Gasteiger partial charge in [-0.15, -0.1) is 0 Å². The monoisotopic (exact) mass is 400 g/mol. The van der Waals surface area contributed by atoms with Crippen molar-refractivity contribution in [3.63, 3.8) is 0 Å². The number of nitrogens with zero attached hydrogens (tertiary/aromatic N) is 1. The molecule has 29 heavy (non-hydrogen) atoms. The standard InChI is InChI=1S/C22H25FN2O4/c1-4-28-19-12-11-18(14-20(19)29-5-2)24-21(26)15-25(3)22(27)13-8-16-6-9-17(23)10-7-16/h6-14H,4-5,15H2,1-3H3,(H,24,26)/b13-8+. The number of amides is 2. The lowest BCUT2D eigenvalue weighted by atomic mass is 10.2. The molecule has 7 heteroatoms. The second-order valence-electron chi connectivity index (χ2n) is 6.15. The number of halogens is 1. The van der Waals surface area contributed by atoms with E-state index in [9.17, 15) is 14.0 Å². The zero-order chi connectivity index (χ0) is 21.2. The highest BCUT2D eigenvalue weighted by atomic mass is 19.1. The molecule has 154 valence electrons. The first-order chi connectivity index (χ1) is 13.9. The Kier molecular flexibility index (Phi) is 8.21. The number of hydrogen-bond acceptors (Lipinski definition) is 4. The van der Waals surface area contributed by atoms with E-state index in [-0.39, 0.29) is 24.2 Å². The van der Waals surface area contributed by atoms with E-state index in [2.05, 4.69) is 5.32 Å². The van der Waals surface area contributed by atoms with E-state index in [1.54, 1.807) is 36.4 Å². The van der Waals surface area contributed by atoms with Crippen molar-refractivity contribution < 1.29 is 23.5 Å². The predicted octanol–water partition coefficient (Wildman–Crippen LogP) is 3.73. The molecule has 0 aliphatic heterocycles. The zero-order valence-corrected chi connectivity index (χ0v) is 16.8. The van der Waals surface area contributed by atoms with Crippen molar-refractivity contribution in [3.05, 3.63) is 59.9 Å². The Balaban J connectivity index is 1.94. The maximum absolute atomic E-state index is 12.9. The van der Waals surface area contributed by atoms with Crippen LogP contribution in [0.5, 0.6) is 11.5 Å². The van der Waals surface area contributed by atoms with Crippen molar-refractivity contribution in [2.75, 3.05) is 32.1 Å². The second kappa shape index (κ2) is 10.8. The van der Waals surface area contributed by atoms with Crippen molar-refractivity contribution in [1.29, 1.82) is 0 Å². The molecular weight excluding hydrogens is 375 g/mol. The van der Waals surface area contributed by atoms with Crippen LogP contribution in [0.3, 0.4) is 0 Å². The van der Waals surface area contributed by atoms with E-state index in [1.165, 1.54) is 30.2 Å². The fourth-order valence-electron chi connectivity index (χ4n) is 2.49. The van der Waals surface area contributed by atoms with E-state index >= 15 is 0 Å². The number of hydrogen-bond donors (Lipinski definition) is 1. The molecule has 0 unspecified atom stereocenters. The summed E-state index contributed by atoms with van der Waals surface area (Å²) in [5.74, 6) is 0.113. The molecule has 0 aliphatic carbocycles. The van der Waals surface area contributed by atoms with Crippen LogP contribution in [0.2, 0.25) is 0 Å². The summed E-state index contributed by atoms with van der Waals surface area (Å²) in [5, 5.41) is 2.74. The lowest BCUT2D eigenvalue weighted by Gasteiger charge is -2.16. The normalized spacial score (nSPS) is 10.6. The predicted molar refractivity (Wildman–Crippen MR) is 110 cm³/mol. The molecule has 0 aromatic heterocycles. The first-order valence-electron chi connectivity index (χ1n) is 9.31. The largest absolute Gasteiger partial charge is 0.490 e. The summed E-state index contributed by atoms with van der Waals surface area (Å²) in [6.07, 6.45) is 2.90. The molecular formula is C22H25FN2O4. The molecule has 0 aliphatic rings. The van der Waals surface area contributed by atoms with Gasteiger partial charge in [0.2, 0.25) is 11.8 Å². The van der Waals surface area contributed by atoms with Gasteiger partial charge in [0.15, 0.2) is 11.5 Å². The van der Waals surface area contributed by atoms with Gasteiger partial charge in [-0.1, -0.05) is 12.1 Å². The van der Waals surface area contributed by atoms with Gasteiger partial charge in [0.05, 0.1) is 19.8 Å². The maximum atomic E-state index is 12.9. The highest BCUT2D eigenvalue weighted by Gasteiger charge is 2.12. The van der Waals surface area contributed by atoms with Crippen LogP contribution in [-0.4, -0.2) is 43.5 Å². The number of carbonyl (C=O) groups is 2. The third-order valence-electron chi connectivity index (χ3n) is 3.87. The SMILES string of the molecule is CCOc1ccc(NC(=O)CN(C)C(=O)/C=C/c2ccc(F)cc2)cc1OCC. The van der Waals surface area contributed by atoms with Gasteiger partial charge in [-0.05, 0) is 49.8 Å². The molecule has 2 amide bonds. The molecule has 0 saturated heterocycles. The van der Waals surface area contributed by atoms with Gasteiger partial charge in [0, 0.05) is 24.9 Å². The van der Waals surface area contributed by atoms with Gasteiger partial charge in [-0.3, -0.25) is 9.59 Å². The van der Waals surface area contributed by atoms with Crippen LogP contribution in [0.25, 0.3) is 6.08 Å². The van der Waals surface area contributed by atoms with Crippen LogP contribution in [0, 0.1) is 5.82 Å². The quantitative estimate of drug-likeness (QED) is 0.652. The molecule has 6 nitrogen and oxygen atoms in total. The molecule has 0 heterocycles. The number of carbonyl (C=O) groups excluding carboxylic acids is 2. The maximum Gasteiger partial charge on any atom is 0.246 e. The van der Waals surface area contributed by atoms with Gasteiger partial charge < -0.3 is 19.7 Å². The molecule has 0 saturated carbocycles. The summed E-state index contributed by atoms with van der Waals surface area (Å²) in [4.78, 5) is 25.7. The van der Waals surface area contributed by atoms with Crippen LogP contribution >= 0.6 is 0 Å². The fraction of sp³-hybridized carbons (Fsp3) is 0.273. The number of ether oxygens (including phenoxy) is 2. The summed E-state index contributed by atoms with van der Waals surface area (Å²) in [6, 6.07) is 10.9. The van der Waals surface area contributed by atoms with Crippen LogP contribution in [0.4, 0.5) is 10.1 Å². The molecule has 2 rings (SSSR count). The highest BCUT2D eigenvalue weighted by Crippen LogP contribution is 2.30. The summed E-state index contributed by atoms with van der Waals surface area (Å²) in [7, 11) is 1.53. The summed E-state index contributed by atoms with van der Waals surface area (Å²) < 4.78 is 23.9. The summed E-state index contributed by atoms with van der Waals surface area (Å²) >= 11 is 0. The van der Waals surface area contributed by atoms with E-state index in [1.807, 2.05) is 13.8 Å². The summed E-state index contributed by atoms with van der Waals surface area (Å²) in [6.45, 7) is 4.59. The Morgan fingerprint density at radius 3 is 2.34 bits per heavy atom. The molecule has 2 aromatic carbocycles. The van der Waals surface area contributed by atoms with Gasteiger partial charge in [0.25, 0.3) is 0 Å². The van der Waals surface area contributed by atoms with Gasteiger partial charge in [-0.2, -0.15) is 0 Å².